The quantitative estimate of drug-likeness (QED) is 0.190. The van der Waals surface area contributed by atoms with E-state index in [-0.39, 0.29) is 5.69 Å². The number of rotatable bonds is 4. The third-order valence-electron chi connectivity index (χ3n) is 9.86. The standard InChI is InChI=1S/C45H26FN5/c46-32-18-22-39-38(26-32)40(27-47)49-45(48-39)51-42-13-7-5-11-35(42)37-24-30(17-23-43(37)51)31-16-21-36-34-10-4-6-12-41(34)50(44(36)25-31)33-19-14-29(15-20-33)28-8-2-1-3-9-28/h1-26H. The molecule has 238 valence electrons. The van der Waals surface area contributed by atoms with Crippen LogP contribution in [0, 0.1) is 17.1 Å². The number of hydrogen-bond donors (Lipinski definition) is 0. The highest BCUT2D eigenvalue weighted by atomic mass is 19.1. The fourth-order valence-corrected chi connectivity index (χ4v) is 7.50. The number of aromatic nitrogens is 4. The van der Waals surface area contributed by atoms with Crippen LogP contribution in [0.1, 0.15) is 5.69 Å². The number of nitriles is 1. The molecule has 6 heteroatoms. The van der Waals surface area contributed by atoms with Crippen LogP contribution in [0.5, 0.6) is 0 Å². The summed E-state index contributed by atoms with van der Waals surface area (Å²) in [6, 6.07) is 55.5. The van der Waals surface area contributed by atoms with Gasteiger partial charge in [0.1, 0.15) is 11.9 Å². The van der Waals surface area contributed by atoms with E-state index in [9.17, 15) is 9.65 Å². The van der Waals surface area contributed by atoms with E-state index in [2.05, 4.69) is 131 Å². The normalized spacial score (nSPS) is 11.6. The molecule has 7 aromatic carbocycles. The number of hydrogen-bond acceptors (Lipinski definition) is 3. The molecule has 0 aliphatic carbocycles. The predicted molar refractivity (Wildman–Crippen MR) is 204 cm³/mol. The maximum atomic E-state index is 14.1. The summed E-state index contributed by atoms with van der Waals surface area (Å²) in [4.78, 5) is 9.42. The third-order valence-corrected chi connectivity index (χ3v) is 9.86. The van der Waals surface area contributed by atoms with Gasteiger partial charge in [-0.15, -0.1) is 0 Å². The van der Waals surface area contributed by atoms with E-state index in [1.54, 1.807) is 6.07 Å². The topological polar surface area (TPSA) is 59.4 Å². The largest absolute Gasteiger partial charge is 0.309 e. The number of para-hydroxylation sites is 2. The van der Waals surface area contributed by atoms with Gasteiger partial charge < -0.3 is 4.57 Å². The average Bonchev–Trinajstić information content (AvgIpc) is 3.70. The van der Waals surface area contributed by atoms with E-state index in [4.69, 9.17) is 4.98 Å². The van der Waals surface area contributed by atoms with Crippen LogP contribution in [0.15, 0.2) is 158 Å². The fourth-order valence-electron chi connectivity index (χ4n) is 7.50. The van der Waals surface area contributed by atoms with Crippen molar-refractivity contribution in [3.05, 3.63) is 169 Å². The molecule has 10 aromatic rings. The molecular weight excluding hydrogens is 630 g/mol. The lowest BCUT2D eigenvalue weighted by Crippen LogP contribution is -2.03. The van der Waals surface area contributed by atoms with Gasteiger partial charge in [0.05, 0.1) is 27.6 Å². The molecule has 0 aliphatic rings. The van der Waals surface area contributed by atoms with Gasteiger partial charge in [0.25, 0.3) is 0 Å². The van der Waals surface area contributed by atoms with E-state index in [0.29, 0.717) is 16.9 Å². The van der Waals surface area contributed by atoms with Crippen molar-refractivity contribution < 1.29 is 4.39 Å². The summed E-state index contributed by atoms with van der Waals surface area (Å²) < 4.78 is 18.4. The van der Waals surface area contributed by atoms with Gasteiger partial charge >= 0.3 is 0 Å². The van der Waals surface area contributed by atoms with Crippen molar-refractivity contribution in [2.24, 2.45) is 0 Å². The maximum Gasteiger partial charge on any atom is 0.236 e. The highest BCUT2D eigenvalue weighted by molar-refractivity contribution is 6.12. The van der Waals surface area contributed by atoms with Crippen molar-refractivity contribution in [2.75, 3.05) is 0 Å². The van der Waals surface area contributed by atoms with Crippen molar-refractivity contribution >= 4 is 54.5 Å². The minimum Gasteiger partial charge on any atom is -0.309 e. The molecule has 0 bridgehead atoms. The molecule has 3 heterocycles. The lowest BCUT2D eigenvalue weighted by Gasteiger charge is -2.11. The molecule has 0 fully saturated rings. The molecule has 0 radical (unpaired) electrons. The zero-order chi connectivity index (χ0) is 34.1. The summed E-state index contributed by atoms with van der Waals surface area (Å²) in [6.45, 7) is 0. The number of benzene rings is 7. The lowest BCUT2D eigenvalue weighted by atomic mass is 10.0. The summed E-state index contributed by atoms with van der Waals surface area (Å²) >= 11 is 0. The molecule has 0 aliphatic heterocycles. The molecule has 0 unspecified atom stereocenters. The minimum absolute atomic E-state index is 0.135. The first-order chi connectivity index (χ1) is 25.1. The van der Waals surface area contributed by atoms with Crippen molar-refractivity contribution in [1.82, 2.24) is 19.1 Å². The van der Waals surface area contributed by atoms with E-state index in [0.717, 1.165) is 49.7 Å². The van der Waals surface area contributed by atoms with Gasteiger partial charge in [-0.2, -0.15) is 5.26 Å². The van der Waals surface area contributed by atoms with E-state index in [1.807, 2.05) is 28.8 Å². The summed E-state index contributed by atoms with van der Waals surface area (Å²) in [6.07, 6.45) is 0. The van der Waals surface area contributed by atoms with Gasteiger partial charge in [0.2, 0.25) is 5.95 Å². The molecule has 51 heavy (non-hydrogen) atoms. The molecule has 0 atom stereocenters. The van der Waals surface area contributed by atoms with Gasteiger partial charge in [0.15, 0.2) is 5.69 Å². The summed E-state index contributed by atoms with van der Waals surface area (Å²) in [5.41, 5.74) is 10.4. The Morgan fingerprint density at radius 2 is 1.06 bits per heavy atom. The van der Waals surface area contributed by atoms with Gasteiger partial charge in [-0.3, -0.25) is 4.57 Å². The number of halogens is 1. The molecule has 0 saturated carbocycles. The smallest absolute Gasteiger partial charge is 0.236 e. The molecule has 5 nitrogen and oxygen atoms in total. The zero-order valence-corrected chi connectivity index (χ0v) is 27.1. The number of fused-ring (bicyclic) bond motifs is 7. The number of nitrogens with zero attached hydrogens (tertiary/aromatic N) is 5. The molecule has 0 N–H and O–H groups in total. The van der Waals surface area contributed by atoms with Crippen LogP contribution in [0.2, 0.25) is 0 Å². The third kappa shape index (κ3) is 4.53. The van der Waals surface area contributed by atoms with Gasteiger partial charge in [-0.1, -0.05) is 97.1 Å². The lowest BCUT2D eigenvalue weighted by molar-refractivity contribution is 0.629. The SMILES string of the molecule is N#Cc1nc(-n2c3ccccc3c3cc(-c4ccc5c6ccccc6n(-c6ccc(-c7ccccc7)cc6)c5c4)ccc32)nc2ccc(F)cc12. The Hall–Kier alpha value is -7.10. The van der Waals surface area contributed by atoms with Crippen LogP contribution in [0.3, 0.4) is 0 Å². The Kier molecular flexibility index (Phi) is 6.36. The van der Waals surface area contributed by atoms with Gasteiger partial charge in [-0.25, -0.2) is 14.4 Å². The predicted octanol–water partition coefficient (Wildman–Crippen LogP) is 11.2. The van der Waals surface area contributed by atoms with Crippen LogP contribution in [-0.2, 0) is 0 Å². The Morgan fingerprint density at radius 1 is 0.451 bits per heavy atom. The van der Waals surface area contributed by atoms with Crippen LogP contribution in [0.4, 0.5) is 4.39 Å². The minimum atomic E-state index is -0.431. The first-order valence-corrected chi connectivity index (χ1v) is 16.7. The Morgan fingerprint density at radius 3 is 1.84 bits per heavy atom. The van der Waals surface area contributed by atoms with Crippen LogP contribution in [-0.4, -0.2) is 19.1 Å². The second-order valence-corrected chi connectivity index (χ2v) is 12.7. The van der Waals surface area contributed by atoms with Crippen molar-refractivity contribution in [1.29, 1.82) is 5.26 Å². The molecule has 0 saturated heterocycles. The van der Waals surface area contributed by atoms with Crippen LogP contribution < -0.4 is 0 Å². The average molecular weight is 656 g/mol. The molecular formula is C45H26FN5. The highest BCUT2D eigenvalue weighted by Crippen LogP contribution is 2.38. The Bertz CT molecular complexity index is 3040. The van der Waals surface area contributed by atoms with Gasteiger partial charge in [0, 0.05) is 32.6 Å². The Labute approximate surface area is 291 Å². The van der Waals surface area contributed by atoms with Crippen LogP contribution in [0.25, 0.3) is 88.4 Å². The first kappa shape index (κ1) is 28.9. The van der Waals surface area contributed by atoms with E-state index < -0.39 is 5.82 Å². The zero-order valence-electron chi connectivity index (χ0n) is 27.1. The van der Waals surface area contributed by atoms with Gasteiger partial charge in [-0.05, 0) is 82.9 Å². The van der Waals surface area contributed by atoms with E-state index >= 15 is 0 Å². The highest BCUT2D eigenvalue weighted by Gasteiger charge is 2.18. The van der Waals surface area contributed by atoms with Crippen molar-refractivity contribution in [3.8, 4) is 40.0 Å². The molecule has 10 rings (SSSR count). The summed E-state index contributed by atoms with van der Waals surface area (Å²) in [7, 11) is 0. The molecule has 3 aromatic heterocycles. The molecule has 0 spiro atoms. The monoisotopic (exact) mass is 655 g/mol. The first-order valence-electron chi connectivity index (χ1n) is 16.7. The second-order valence-electron chi connectivity index (χ2n) is 12.7. The maximum absolute atomic E-state index is 14.1. The Balaban J connectivity index is 1.15. The van der Waals surface area contributed by atoms with E-state index in [1.165, 1.54) is 34.0 Å². The summed E-state index contributed by atoms with van der Waals surface area (Å²) in [5, 5.41) is 14.8. The fraction of sp³-hybridized carbons (Fsp3) is 0. The molecule has 0 amide bonds. The van der Waals surface area contributed by atoms with Crippen LogP contribution >= 0.6 is 0 Å². The van der Waals surface area contributed by atoms with Crippen molar-refractivity contribution in [3.63, 3.8) is 0 Å². The summed E-state index contributed by atoms with van der Waals surface area (Å²) in [5.74, 6) is -0.0620. The second kappa shape index (κ2) is 11.2. The van der Waals surface area contributed by atoms with Crippen molar-refractivity contribution in [2.45, 2.75) is 0 Å².